The second-order valence-corrected chi connectivity index (χ2v) is 15.2. The Kier molecular flexibility index (Phi) is 11.4. The van der Waals surface area contributed by atoms with E-state index in [-0.39, 0.29) is 39.5 Å². The van der Waals surface area contributed by atoms with Gasteiger partial charge in [-0.2, -0.15) is 0 Å². The van der Waals surface area contributed by atoms with Crippen LogP contribution in [0.4, 0.5) is 5.69 Å². The van der Waals surface area contributed by atoms with Crippen molar-refractivity contribution in [2.75, 3.05) is 10.8 Å². The molecular formula is C35H36Cl3N3O4S. The van der Waals surface area contributed by atoms with Gasteiger partial charge < -0.3 is 10.2 Å². The normalized spacial score (nSPS) is 12.3. The maximum absolute atomic E-state index is 14.5. The molecule has 242 valence electrons. The van der Waals surface area contributed by atoms with E-state index in [9.17, 15) is 18.0 Å². The molecule has 0 aliphatic heterocycles. The lowest BCUT2D eigenvalue weighted by molar-refractivity contribution is -0.140. The summed E-state index contributed by atoms with van der Waals surface area (Å²) >= 11 is 18.8. The summed E-state index contributed by atoms with van der Waals surface area (Å²) in [5, 5.41) is 3.92. The summed E-state index contributed by atoms with van der Waals surface area (Å²) in [6, 6.07) is 25.9. The molecule has 4 aromatic carbocycles. The van der Waals surface area contributed by atoms with Crippen molar-refractivity contribution < 1.29 is 18.0 Å². The molecule has 0 aliphatic carbocycles. The van der Waals surface area contributed by atoms with Gasteiger partial charge in [-0.1, -0.05) is 95.0 Å². The standard InChI is InChI=1S/C35H36Cl3N3O4S/c1-24-10-16-31(17-11-24)46(44,45)41(30-20-28(37)19-29(38)21-30)23-33(42)40(22-26-12-14-27(36)15-13-26)32(34(43)39-35(2,3)4)18-25-8-6-5-7-9-25/h5-17,19-21,32H,18,22-23H2,1-4H3,(H,39,43)/t32-/m0/s1. The van der Waals surface area contributed by atoms with Gasteiger partial charge in [0.1, 0.15) is 12.6 Å². The van der Waals surface area contributed by atoms with Crippen molar-refractivity contribution in [3.8, 4) is 0 Å². The van der Waals surface area contributed by atoms with E-state index in [2.05, 4.69) is 5.32 Å². The maximum Gasteiger partial charge on any atom is 0.264 e. The first-order chi connectivity index (χ1) is 21.6. The van der Waals surface area contributed by atoms with Crippen LogP contribution < -0.4 is 9.62 Å². The van der Waals surface area contributed by atoms with Crippen LogP contribution in [0, 0.1) is 6.92 Å². The molecule has 4 aromatic rings. The second-order valence-electron chi connectivity index (χ2n) is 12.0. The van der Waals surface area contributed by atoms with Gasteiger partial charge in [0, 0.05) is 33.6 Å². The molecule has 11 heteroatoms. The zero-order chi connectivity index (χ0) is 33.6. The Morgan fingerprint density at radius 3 is 1.93 bits per heavy atom. The van der Waals surface area contributed by atoms with Gasteiger partial charge in [-0.15, -0.1) is 0 Å². The molecule has 46 heavy (non-hydrogen) atoms. The molecular weight excluding hydrogens is 665 g/mol. The first kappa shape index (κ1) is 35.3. The number of hydrogen-bond donors (Lipinski definition) is 1. The predicted molar refractivity (Wildman–Crippen MR) is 186 cm³/mol. The number of sulfonamides is 1. The zero-order valence-electron chi connectivity index (χ0n) is 26.0. The fourth-order valence-electron chi connectivity index (χ4n) is 4.84. The summed E-state index contributed by atoms with van der Waals surface area (Å²) in [6.45, 7) is 6.80. The average Bonchev–Trinajstić information content (AvgIpc) is 2.97. The molecule has 2 amide bonds. The first-order valence-electron chi connectivity index (χ1n) is 14.6. The van der Waals surface area contributed by atoms with Crippen molar-refractivity contribution in [1.82, 2.24) is 10.2 Å². The highest BCUT2D eigenvalue weighted by Crippen LogP contribution is 2.30. The van der Waals surface area contributed by atoms with E-state index < -0.39 is 34.1 Å². The smallest absolute Gasteiger partial charge is 0.264 e. The number of carbonyl (C=O) groups excluding carboxylic acids is 2. The highest BCUT2D eigenvalue weighted by atomic mass is 35.5. The monoisotopic (exact) mass is 699 g/mol. The summed E-state index contributed by atoms with van der Waals surface area (Å²) in [6.07, 6.45) is 0.190. The number of aryl methyl sites for hydroxylation is 1. The van der Waals surface area contributed by atoms with Crippen LogP contribution in [0.2, 0.25) is 15.1 Å². The molecule has 0 saturated carbocycles. The number of carbonyl (C=O) groups is 2. The minimum Gasteiger partial charge on any atom is -0.350 e. The Bertz CT molecular complexity index is 1760. The van der Waals surface area contributed by atoms with Crippen LogP contribution in [-0.2, 0) is 32.6 Å². The van der Waals surface area contributed by atoms with Crippen molar-refractivity contribution in [1.29, 1.82) is 0 Å². The number of halogens is 3. The van der Waals surface area contributed by atoms with Crippen LogP contribution in [0.15, 0.2) is 102 Å². The quantitative estimate of drug-likeness (QED) is 0.174. The molecule has 0 saturated heterocycles. The lowest BCUT2D eigenvalue weighted by atomic mass is 10.0. The van der Waals surface area contributed by atoms with Gasteiger partial charge in [0.05, 0.1) is 10.6 Å². The number of nitrogens with zero attached hydrogens (tertiary/aromatic N) is 2. The first-order valence-corrected chi connectivity index (χ1v) is 17.2. The molecule has 0 aromatic heterocycles. The second kappa shape index (κ2) is 14.9. The van der Waals surface area contributed by atoms with Gasteiger partial charge in [-0.25, -0.2) is 8.42 Å². The van der Waals surface area contributed by atoms with Crippen molar-refractivity contribution in [3.63, 3.8) is 0 Å². The van der Waals surface area contributed by atoms with E-state index >= 15 is 0 Å². The van der Waals surface area contributed by atoms with E-state index in [4.69, 9.17) is 34.8 Å². The number of rotatable bonds is 11. The zero-order valence-corrected chi connectivity index (χ0v) is 29.1. The lowest BCUT2D eigenvalue weighted by Crippen LogP contribution is -2.56. The third-order valence-corrected chi connectivity index (χ3v) is 9.54. The van der Waals surface area contributed by atoms with Crippen LogP contribution >= 0.6 is 34.8 Å². The fourth-order valence-corrected chi connectivity index (χ4v) is 6.88. The number of anilines is 1. The Balaban J connectivity index is 1.84. The lowest BCUT2D eigenvalue weighted by Gasteiger charge is -2.35. The number of hydrogen-bond acceptors (Lipinski definition) is 4. The molecule has 0 bridgehead atoms. The molecule has 1 atom stereocenters. The Hall–Kier alpha value is -3.56. The molecule has 0 heterocycles. The highest BCUT2D eigenvalue weighted by Gasteiger charge is 2.35. The Labute approximate surface area is 286 Å². The summed E-state index contributed by atoms with van der Waals surface area (Å²) < 4.78 is 29.3. The molecule has 0 spiro atoms. The fraction of sp³-hybridized carbons (Fsp3) is 0.257. The van der Waals surface area contributed by atoms with Crippen LogP contribution in [0.5, 0.6) is 0 Å². The van der Waals surface area contributed by atoms with Gasteiger partial charge in [0.15, 0.2) is 0 Å². The largest absolute Gasteiger partial charge is 0.350 e. The molecule has 0 fully saturated rings. The minimum atomic E-state index is -4.29. The Morgan fingerprint density at radius 1 is 0.783 bits per heavy atom. The Morgan fingerprint density at radius 2 is 1.37 bits per heavy atom. The van der Waals surface area contributed by atoms with E-state index in [0.29, 0.717) is 10.6 Å². The van der Waals surface area contributed by atoms with Crippen LogP contribution in [-0.4, -0.2) is 43.3 Å². The van der Waals surface area contributed by atoms with E-state index in [1.165, 1.54) is 35.2 Å². The van der Waals surface area contributed by atoms with Crippen molar-refractivity contribution in [3.05, 3.63) is 129 Å². The van der Waals surface area contributed by atoms with Crippen molar-refractivity contribution in [2.45, 2.75) is 57.1 Å². The molecule has 0 radical (unpaired) electrons. The summed E-state index contributed by atoms with van der Waals surface area (Å²) in [5.74, 6) is -0.982. The van der Waals surface area contributed by atoms with Gasteiger partial charge in [-0.3, -0.25) is 13.9 Å². The minimum absolute atomic E-state index is 0.0137. The van der Waals surface area contributed by atoms with Crippen molar-refractivity contribution in [2.24, 2.45) is 0 Å². The van der Waals surface area contributed by atoms with Gasteiger partial charge in [0.2, 0.25) is 11.8 Å². The third kappa shape index (κ3) is 9.48. The van der Waals surface area contributed by atoms with Crippen LogP contribution in [0.3, 0.4) is 0 Å². The van der Waals surface area contributed by atoms with Gasteiger partial charge in [-0.05, 0) is 81.3 Å². The van der Waals surface area contributed by atoms with E-state index in [1.807, 2.05) is 58.0 Å². The molecule has 7 nitrogen and oxygen atoms in total. The summed E-state index contributed by atoms with van der Waals surface area (Å²) in [4.78, 5) is 29.9. The van der Waals surface area contributed by atoms with E-state index in [1.54, 1.807) is 36.4 Å². The summed E-state index contributed by atoms with van der Waals surface area (Å²) in [5.41, 5.74) is 1.92. The predicted octanol–water partition coefficient (Wildman–Crippen LogP) is 7.71. The van der Waals surface area contributed by atoms with Gasteiger partial charge >= 0.3 is 0 Å². The molecule has 0 unspecified atom stereocenters. The number of nitrogens with one attached hydrogen (secondary N) is 1. The summed E-state index contributed by atoms with van der Waals surface area (Å²) in [7, 11) is -4.29. The molecule has 4 rings (SSSR count). The van der Waals surface area contributed by atoms with Crippen LogP contribution in [0.25, 0.3) is 0 Å². The average molecular weight is 701 g/mol. The topological polar surface area (TPSA) is 86.8 Å². The van der Waals surface area contributed by atoms with Gasteiger partial charge in [0.25, 0.3) is 10.0 Å². The SMILES string of the molecule is Cc1ccc(S(=O)(=O)N(CC(=O)N(Cc2ccc(Cl)cc2)[C@@H](Cc2ccccc2)C(=O)NC(C)(C)C)c2cc(Cl)cc(Cl)c2)cc1. The maximum atomic E-state index is 14.5. The van der Waals surface area contributed by atoms with Crippen molar-refractivity contribution >= 4 is 62.3 Å². The number of amides is 2. The molecule has 0 aliphatic rings. The third-order valence-electron chi connectivity index (χ3n) is 7.06. The number of benzene rings is 4. The highest BCUT2D eigenvalue weighted by molar-refractivity contribution is 7.92. The van der Waals surface area contributed by atoms with Crippen LogP contribution in [0.1, 0.15) is 37.5 Å². The van der Waals surface area contributed by atoms with E-state index in [0.717, 1.165) is 15.4 Å². The molecule has 1 N–H and O–H groups in total.